The van der Waals surface area contributed by atoms with Crippen LogP contribution < -0.4 is 4.74 Å². The number of nitrogens with zero attached hydrogens (tertiary/aromatic N) is 2. The molecule has 1 atom stereocenters. The number of carbonyl (C=O) groups is 1. The average Bonchev–Trinajstić information content (AvgIpc) is 2.91. The lowest BCUT2D eigenvalue weighted by atomic mass is 10.1. The molecule has 0 bridgehead atoms. The second kappa shape index (κ2) is 5.95. The minimum atomic E-state index is -1.09. The van der Waals surface area contributed by atoms with E-state index in [0.29, 0.717) is 5.56 Å². The predicted molar refractivity (Wildman–Crippen MR) is 76.1 cm³/mol. The third-order valence-corrected chi connectivity index (χ3v) is 3.43. The number of hydrogen-bond acceptors (Lipinski definition) is 3. The Kier molecular flexibility index (Phi) is 4.26. The van der Waals surface area contributed by atoms with Crippen molar-refractivity contribution in [1.82, 2.24) is 9.78 Å². The van der Waals surface area contributed by atoms with Gasteiger partial charge in [-0.2, -0.15) is 5.10 Å². The Hall–Kier alpha value is -2.37. The van der Waals surface area contributed by atoms with E-state index in [9.17, 15) is 14.3 Å². The van der Waals surface area contributed by atoms with E-state index >= 15 is 0 Å². The molecule has 6 heteroatoms. The van der Waals surface area contributed by atoms with Gasteiger partial charge >= 0.3 is 5.97 Å². The summed E-state index contributed by atoms with van der Waals surface area (Å²) in [5.41, 5.74) is 0.719. The maximum atomic E-state index is 13.8. The highest BCUT2D eigenvalue weighted by molar-refractivity contribution is 5.94. The van der Waals surface area contributed by atoms with Crippen molar-refractivity contribution < 1.29 is 19.0 Å². The van der Waals surface area contributed by atoms with Crippen molar-refractivity contribution in [3.63, 3.8) is 0 Å². The van der Waals surface area contributed by atoms with Crippen LogP contribution in [0.25, 0.3) is 11.3 Å². The molecular formula is C15H17FN2O3. The summed E-state index contributed by atoms with van der Waals surface area (Å²) in [7, 11) is 1.37. The van der Waals surface area contributed by atoms with Gasteiger partial charge in [-0.1, -0.05) is 6.92 Å². The molecule has 0 radical (unpaired) electrons. The Morgan fingerprint density at radius 3 is 2.76 bits per heavy atom. The molecule has 0 aliphatic heterocycles. The normalized spacial score (nSPS) is 12.2. The van der Waals surface area contributed by atoms with Gasteiger partial charge in [-0.25, -0.2) is 9.18 Å². The Morgan fingerprint density at radius 1 is 1.52 bits per heavy atom. The molecule has 1 heterocycles. The van der Waals surface area contributed by atoms with Crippen LogP contribution in [-0.2, 0) is 0 Å². The number of ether oxygens (including phenoxy) is 1. The van der Waals surface area contributed by atoms with Crippen LogP contribution in [0.4, 0.5) is 4.39 Å². The maximum absolute atomic E-state index is 13.8. The summed E-state index contributed by atoms with van der Waals surface area (Å²) in [6, 6.07) is 4.35. The van der Waals surface area contributed by atoms with Crippen LogP contribution in [0, 0.1) is 5.82 Å². The van der Waals surface area contributed by atoms with Crippen LogP contribution in [0.2, 0.25) is 0 Å². The van der Waals surface area contributed by atoms with Crippen molar-refractivity contribution in [1.29, 1.82) is 0 Å². The smallest absolute Gasteiger partial charge is 0.339 e. The summed E-state index contributed by atoms with van der Waals surface area (Å²) in [6.07, 6.45) is 2.30. The Labute approximate surface area is 122 Å². The highest BCUT2D eigenvalue weighted by Gasteiger charge is 2.19. The van der Waals surface area contributed by atoms with Gasteiger partial charge in [0.05, 0.1) is 7.11 Å². The highest BCUT2D eigenvalue weighted by atomic mass is 19.1. The first kappa shape index (κ1) is 15.0. The number of carboxylic acid groups (broad SMARTS) is 1. The van der Waals surface area contributed by atoms with Crippen LogP contribution in [0.15, 0.2) is 24.4 Å². The first-order valence-corrected chi connectivity index (χ1v) is 6.64. The minimum Gasteiger partial charge on any atom is -0.494 e. The zero-order valence-electron chi connectivity index (χ0n) is 12.1. The van der Waals surface area contributed by atoms with Gasteiger partial charge in [0.2, 0.25) is 0 Å². The van der Waals surface area contributed by atoms with Crippen LogP contribution in [0.5, 0.6) is 5.75 Å². The van der Waals surface area contributed by atoms with E-state index in [4.69, 9.17) is 4.74 Å². The molecule has 0 aliphatic carbocycles. The lowest BCUT2D eigenvalue weighted by Gasteiger charge is -2.08. The molecule has 1 N–H and O–H groups in total. The zero-order valence-corrected chi connectivity index (χ0v) is 12.1. The number of benzene rings is 1. The van der Waals surface area contributed by atoms with Crippen LogP contribution in [0.1, 0.15) is 36.7 Å². The molecule has 1 aromatic heterocycles. The predicted octanol–water partition coefficient (Wildman–Crippen LogP) is 3.37. The fraction of sp³-hybridized carbons (Fsp3) is 0.333. The first-order chi connectivity index (χ1) is 9.97. The third-order valence-electron chi connectivity index (χ3n) is 3.43. The molecule has 1 aromatic carbocycles. The fourth-order valence-corrected chi connectivity index (χ4v) is 1.99. The van der Waals surface area contributed by atoms with Crippen molar-refractivity contribution >= 4 is 5.97 Å². The number of aromatic carboxylic acids is 1. The standard InChI is InChI=1S/C15H17FN2O3/c1-4-9(2)18-8-11(15(19)20)14(17-18)10-5-6-13(21-3)12(16)7-10/h5-9H,4H2,1-3H3,(H,19,20). The third kappa shape index (κ3) is 2.89. The summed E-state index contributed by atoms with van der Waals surface area (Å²) in [6.45, 7) is 3.93. The fourth-order valence-electron chi connectivity index (χ4n) is 1.99. The average molecular weight is 292 g/mol. The minimum absolute atomic E-state index is 0.0554. The topological polar surface area (TPSA) is 64.4 Å². The van der Waals surface area contributed by atoms with E-state index in [1.807, 2.05) is 13.8 Å². The summed E-state index contributed by atoms with van der Waals surface area (Å²) < 4.78 is 20.2. The molecule has 0 spiro atoms. The molecule has 0 amide bonds. The van der Waals surface area contributed by atoms with Crippen molar-refractivity contribution in [2.75, 3.05) is 7.11 Å². The van der Waals surface area contributed by atoms with Gasteiger partial charge < -0.3 is 9.84 Å². The van der Waals surface area contributed by atoms with Crippen LogP contribution in [0.3, 0.4) is 0 Å². The van der Waals surface area contributed by atoms with Gasteiger partial charge in [-0.15, -0.1) is 0 Å². The van der Waals surface area contributed by atoms with Crippen molar-refractivity contribution in [2.45, 2.75) is 26.3 Å². The molecule has 112 valence electrons. The first-order valence-electron chi connectivity index (χ1n) is 6.64. The number of rotatable bonds is 5. The number of methoxy groups -OCH3 is 1. The molecule has 0 saturated carbocycles. The van der Waals surface area contributed by atoms with E-state index in [1.165, 1.54) is 25.4 Å². The SMILES string of the molecule is CCC(C)n1cc(C(=O)O)c(-c2ccc(OC)c(F)c2)n1. The quantitative estimate of drug-likeness (QED) is 0.917. The maximum Gasteiger partial charge on any atom is 0.339 e. The lowest BCUT2D eigenvalue weighted by Crippen LogP contribution is -2.04. The van der Waals surface area contributed by atoms with Crippen LogP contribution >= 0.6 is 0 Å². The molecule has 1 unspecified atom stereocenters. The molecule has 21 heavy (non-hydrogen) atoms. The van der Waals surface area contributed by atoms with Gasteiger partial charge in [0, 0.05) is 17.8 Å². The number of halogens is 1. The van der Waals surface area contributed by atoms with Crippen LogP contribution in [-0.4, -0.2) is 28.0 Å². The summed E-state index contributed by atoms with van der Waals surface area (Å²) >= 11 is 0. The Morgan fingerprint density at radius 2 is 2.24 bits per heavy atom. The van der Waals surface area contributed by atoms with E-state index in [2.05, 4.69) is 5.10 Å². The van der Waals surface area contributed by atoms with Gasteiger partial charge in [-0.3, -0.25) is 4.68 Å². The Bertz CT molecular complexity index is 667. The number of carboxylic acids is 1. The van der Waals surface area contributed by atoms with E-state index < -0.39 is 11.8 Å². The second-order valence-corrected chi connectivity index (χ2v) is 4.78. The van der Waals surface area contributed by atoms with E-state index in [1.54, 1.807) is 10.7 Å². The molecule has 0 aliphatic rings. The molecule has 0 saturated heterocycles. The summed E-state index contributed by atoms with van der Waals surface area (Å²) in [5, 5.41) is 13.6. The van der Waals surface area contributed by atoms with Crippen molar-refractivity contribution in [3.8, 4) is 17.0 Å². The van der Waals surface area contributed by atoms with Gasteiger partial charge in [0.1, 0.15) is 11.3 Å². The second-order valence-electron chi connectivity index (χ2n) is 4.78. The lowest BCUT2D eigenvalue weighted by molar-refractivity contribution is 0.0697. The van der Waals surface area contributed by atoms with Crippen molar-refractivity contribution in [3.05, 3.63) is 35.8 Å². The highest BCUT2D eigenvalue weighted by Crippen LogP contribution is 2.28. The van der Waals surface area contributed by atoms with Crippen molar-refractivity contribution in [2.24, 2.45) is 0 Å². The monoisotopic (exact) mass is 292 g/mol. The summed E-state index contributed by atoms with van der Waals surface area (Å²) in [5.74, 6) is -1.53. The van der Waals surface area contributed by atoms with E-state index in [0.717, 1.165) is 6.42 Å². The molecule has 2 aromatic rings. The van der Waals surface area contributed by atoms with Gasteiger partial charge in [0.25, 0.3) is 0 Å². The number of aromatic nitrogens is 2. The zero-order chi connectivity index (χ0) is 15.6. The van der Waals surface area contributed by atoms with E-state index in [-0.39, 0.29) is 23.0 Å². The number of hydrogen-bond donors (Lipinski definition) is 1. The molecule has 2 rings (SSSR count). The van der Waals surface area contributed by atoms with Gasteiger partial charge in [-0.05, 0) is 31.5 Å². The van der Waals surface area contributed by atoms with Gasteiger partial charge in [0.15, 0.2) is 11.6 Å². The largest absolute Gasteiger partial charge is 0.494 e. The molecule has 0 fully saturated rings. The molecule has 5 nitrogen and oxygen atoms in total. The molecular weight excluding hydrogens is 275 g/mol. The summed E-state index contributed by atoms with van der Waals surface area (Å²) in [4.78, 5) is 11.4. The Balaban J connectivity index is 2.54.